The normalized spacial score (nSPS) is 10.8. The van der Waals surface area contributed by atoms with E-state index in [4.69, 9.17) is 21.1 Å². The van der Waals surface area contributed by atoms with E-state index in [0.29, 0.717) is 34.7 Å². The summed E-state index contributed by atoms with van der Waals surface area (Å²) in [7, 11) is 1.62. The molecule has 0 radical (unpaired) electrons. The predicted octanol–water partition coefficient (Wildman–Crippen LogP) is 4.23. The summed E-state index contributed by atoms with van der Waals surface area (Å²) in [5.41, 5.74) is 1.34. The van der Waals surface area contributed by atoms with Crippen LogP contribution in [0.2, 0.25) is 5.02 Å². The average molecular weight is 363 g/mol. The van der Waals surface area contributed by atoms with E-state index in [9.17, 15) is 4.79 Å². The summed E-state index contributed by atoms with van der Waals surface area (Å²) in [6, 6.07) is 12.4. The van der Waals surface area contributed by atoms with E-state index in [1.165, 1.54) is 11.3 Å². The molecule has 0 unspecified atom stereocenters. The molecular formula is C17H15ClN2O3S. The fraction of sp³-hybridized carbons (Fsp3) is 0.176. The number of hydrogen-bond donors (Lipinski definition) is 1. The maximum atomic E-state index is 12.3. The van der Waals surface area contributed by atoms with Gasteiger partial charge >= 0.3 is 0 Å². The van der Waals surface area contributed by atoms with Crippen molar-refractivity contribution in [2.45, 2.75) is 0 Å². The Morgan fingerprint density at radius 2 is 2.00 bits per heavy atom. The van der Waals surface area contributed by atoms with Crippen molar-refractivity contribution in [3.05, 3.63) is 53.1 Å². The number of nitrogens with zero attached hydrogens (tertiary/aromatic N) is 1. The van der Waals surface area contributed by atoms with Gasteiger partial charge in [0.15, 0.2) is 5.13 Å². The Kier molecular flexibility index (Phi) is 5.30. The highest BCUT2D eigenvalue weighted by atomic mass is 35.5. The van der Waals surface area contributed by atoms with Gasteiger partial charge in [0, 0.05) is 17.7 Å². The van der Waals surface area contributed by atoms with Crippen LogP contribution in [0.15, 0.2) is 42.5 Å². The Labute approximate surface area is 148 Å². The van der Waals surface area contributed by atoms with Crippen LogP contribution in [0.25, 0.3) is 10.2 Å². The molecule has 0 aliphatic heterocycles. The molecule has 7 heteroatoms. The number of ether oxygens (including phenoxy) is 2. The number of thiazole rings is 1. The Morgan fingerprint density at radius 3 is 2.75 bits per heavy atom. The predicted molar refractivity (Wildman–Crippen MR) is 96.4 cm³/mol. The van der Waals surface area contributed by atoms with Gasteiger partial charge in [-0.25, -0.2) is 4.98 Å². The minimum atomic E-state index is -0.219. The van der Waals surface area contributed by atoms with Crippen molar-refractivity contribution in [2.75, 3.05) is 25.6 Å². The average Bonchev–Trinajstić information content (AvgIpc) is 2.97. The maximum Gasteiger partial charge on any atom is 0.257 e. The number of fused-ring (bicyclic) bond motifs is 1. The smallest absolute Gasteiger partial charge is 0.257 e. The van der Waals surface area contributed by atoms with E-state index >= 15 is 0 Å². The first-order valence-corrected chi connectivity index (χ1v) is 8.44. The molecule has 124 valence electrons. The lowest BCUT2D eigenvalue weighted by molar-refractivity contribution is 0.102. The molecule has 1 heterocycles. The zero-order chi connectivity index (χ0) is 16.9. The van der Waals surface area contributed by atoms with Gasteiger partial charge < -0.3 is 9.47 Å². The fourth-order valence-electron chi connectivity index (χ4n) is 2.07. The van der Waals surface area contributed by atoms with E-state index in [1.54, 1.807) is 37.4 Å². The summed E-state index contributed by atoms with van der Waals surface area (Å²) in [4.78, 5) is 16.7. The van der Waals surface area contributed by atoms with Crippen molar-refractivity contribution in [2.24, 2.45) is 0 Å². The third-order valence-corrected chi connectivity index (χ3v) is 4.41. The van der Waals surface area contributed by atoms with Crippen molar-refractivity contribution in [1.82, 2.24) is 4.98 Å². The first kappa shape index (κ1) is 16.7. The van der Waals surface area contributed by atoms with Crippen LogP contribution in [0.4, 0.5) is 5.13 Å². The summed E-state index contributed by atoms with van der Waals surface area (Å²) >= 11 is 7.35. The van der Waals surface area contributed by atoms with Gasteiger partial charge in [0.05, 0.1) is 16.8 Å². The van der Waals surface area contributed by atoms with Gasteiger partial charge in [0.25, 0.3) is 5.91 Å². The number of rotatable bonds is 6. The Hall–Kier alpha value is -2.15. The number of benzene rings is 2. The summed E-state index contributed by atoms with van der Waals surface area (Å²) < 4.78 is 11.3. The molecule has 0 aliphatic carbocycles. The second-order valence-corrected chi connectivity index (χ2v) is 6.42. The number of amides is 1. The third kappa shape index (κ3) is 4.03. The van der Waals surface area contributed by atoms with Crippen LogP contribution >= 0.6 is 22.9 Å². The first-order valence-electron chi connectivity index (χ1n) is 7.25. The van der Waals surface area contributed by atoms with Crippen molar-refractivity contribution in [1.29, 1.82) is 0 Å². The van der Waals surface area contributed by atoms with E-state index in [2.05, 4.69) is 10.3 Å². The zero-order valence-corrected chi connectivity index (χ0v) is 14.5. The monoisotopic (exact) mass is 362 g/mol. The maximum absolute atomic E-state index is 12.3. The van der Waals surface area contributed by atoms with Crippen LogP contribution in [-0.2, 0) is 4.74 Å². The minimum Gasteiger partial charge on any atom is -0.491 e. The van der Waals surface area contributed by atoms with Crippen LogP contribution in [0.1, 0.15) is 10.4 Å². The van der Waals surface area contributed by atoms with Gasteiger partial charge in [-0.05, 0) is 42.5 Å². The van der Waals surface area contributed by atoms with Crippen molar-refractivity contribution < 1.29 is 14.3 Å². The zero-order valence-electron chi connectivity index (χ0n) is 12.9. The number of aromatic nitrogens is 1. The number of carbonyl (C=O) groups is 1. The Morgan fingerprint density at radius 1 is 1.21 bits per heavy atom. The molecule has 0 atom stereocenters. The number of halogens is 1. The second-order valence-electron chi connectivity index (χ2n) is 4.95. The Bertz CT molecular complexity index is 849. The number of methoxy groups -OCH3 is 1. The van der Waals surface area contributed by atoms with Gasteiger partial charge in [-0.2, -0.15) is 0 Å². The van der Waals surface area contributed by atoms with Crippen LogP contribution < -0.4 is 10.1 Å². The lowest BCUT2D eigenvalue weighted by Crippen LogP contribution is -2.11. The quantitative estimate of drug-likeness (QED) is 0.667. The molecule has 0 saturated heterocycles. The molecule has 5 nitrogen and oxygen atoms in total. The topological polar surface area (TPSA) is 60.5 Å². The van der Waals surface area contributed by atoms with E-state index in [0.717, 1.165) is 10.2 Å². The number of hydrogen-bond acceptors (Lipinski definition) is 5. The SMILES string of the molecule is COCCOc1ccc(C(=O)Nc2nc3ccc(Cl)cc3s2)cc1. The number of nitrogens with one attached hydrogen (secondary N) is 1. The summed E-state index contributed by atoms with van der Waals surface area (Å²) in [6.45, 7) is 0.986. The lowest BCUT2D eigenvalue weighted by atomic mass is 10.2. The molecule has 1 amide bonds. The Balaban J connectivity index is 1.67. The molecule has 3 rings (SSSR count). The van der Waals surface area contributed by atoms with Crippen LogP contribution in [-0.4, -0.2) is 31.2 Å². The fourth-order valence-corrected chi connectivity index (χ4v) is 3.20. The molecule has 1 aromatic heterocycles. The minimum absolute atomic E-state index is 0.219. The molecule has 2 aromatic carbocycles. The number of anilines is 1. The van der Waals surface area contributed by atoms with Gasteiger partial charge in [0.1, 0.15) is 12.4 Å². The lowest BCUT2D eigenvalue weighted by Gasteiger charge is -2.06. The van der Waals surface area contributed by atoms with Crippen LogP contribution in [0.5, 0.6) is 5.75 Å². The summed E-state index contributed by atoms with van der Waals surface area (Å²) in [5, 5.41) is 3.99. The molecule has 1 N–H and O–H groups in total. The molecule has 0 saturated carbocycles. The number of carbonyl (C=O) groups excluding carboxylic acids is 1. The highest BCUT2D eigenvalue weighted by molar-refractivity contribution is 7.22. The summed E-state index contributed by atoms with van der Waals surface area (Å²) in [6.07, 6.45) is 0. The molecule has 0 spiro atoms. The largest absolute Gasteiger partial charge is 0.491 e. The highest BCUT2D eigenvalue weighted by Gasteiger charge is 2.10. The van der Waals surface area contributed by atoms with Crippen LogP contribution in [0.3, 0.4) is 0 Å². The molecule has 0 aliphatic rings. The first-order chi connectivity index (χ1) is 11.7. The molecule has 0 bridgehead atoms. The van der Waals surface area contributed by atoms with Crippen molar-refractivity contribution in [3.63, 3.8) is 0 Å². The molecule has 3 aromatic rings. The molecule has 24 heavy (non-hydrogen) atoms. The van der Waals surface area contributed by atoms with Gasteiger partial charge in [-0.15, -0.1) is 0 Å². The van der Waals surface area contributed by atoms with Crippen LogP contribution in [0, 0.1) is 0 Å². The molecular weight excluding hydrogens is 348 g/mol. The standard InChI is InChI=1S/C17H15ClN2O3S/c1-22-8-9-23-13-5-2-11(3-6-13)16(21)20-17-19-14-7-4-12(18)10-15(14)24-17/h2-7,10H,8-9H2,1H3,(H,19,20,21). The van der Waals surface area contributed by atoms with E-state index in [-0.39, 0.29) is 5.91 Å². The summed E-state index contributed by atoms with van der Waals surface area (Å²) in [5.74, 6) is 0.474. The van der Waals surface area contributed by atoms with Crippen molar-refractivity contribution >= 4 is 44.2 Å². The van der Waals surface area contributed by atoms with Gasteiger partial charge in [0.2, 0.25) is 0 Å². The van der Waals surface area contributed by atoms with E-state index in [1.807, 2.05) is 12.1 Å². The second kappa shape index (κ2) is 7.61. The van der Waals surface area contributed by atoms with Gasteiger partial charge in [-0.1, -0.05) is 22.9 Å². The van der Waals surface area contributed by atoms with E-state index < -0.39 is 0 Å². The third-order valence-electron chi connectivity index (χ3n) is 3.24. The highest BCUT2D eigenvalue weighted by Crippen LogP contribution is 2.28. The molecule has 0 fully saturated rings. The van der Waals surface area contributed by atoms with Crippen molar-refractivity contribution in [3.8, 4) is 5.75 Å². The van der Waals surface area contributed by atoms with Gasteiger partial charge in [-0.3, -0.25) is 10.1 Å².